The van der Waals surface area contributed by atoms with Crippen LogP contribution in [0, 0.1) is 0 Å². The molecule has 0 saturated carbocycles. The first-order valence-corrected chi connectivity index (χ1v) is 6.18. The molecule has 1 aromatic heterocycles. The molecule has 0 aliphatic rings. The van der Waals surface area contributed by atoms with Crippen LogP contribution in [-0.4, -0.2) is 27.9 Å². The Morgan fingerprint density at radius 3 is 3.14 bits per heavy atom. The van der Waals surface area contributed by atoms with E-state index in [1.165, 1.54) is 0 Å². The Labute approximate surface area is 90.5 Å². The number of aliphatic carboxylic acids is 1. The van der Waals surface area contributed by atoms with Crippen molar-refractivity contribution in [3.05, 3.63) is 16.6 Å². The smallest absolute Gasteiger partial charge is 0.320 e. The first-order valence-electron chi connectivity index (χ1n) is 4.14. The van der Waals surface area contributed by atoms with Crippen molar-refractivity contribution in [3.63, 3.8) is 0 Å². The number of carboxylic acids is 1. The van der Waals surface area contributed by atoms with Crippen LogP contribution in [0.2, 0.25) is 0 Å². The second-order valence-electron chi connectivity index (χ2n) is 2.71. The Kier molecular flexibility index (Phi) is 4.92. The number of aromatic nitrogens is 1. The van der Waals surface area contributed by atoms with Crippen LogP contribution in [0.1, 0.15) is 11.4 Å². The van der Waals surface area contributed by atoms with Gasteiger partial charge in [-0.2, -0.15) is 11.8 Å². The summed E-state index contributed by atoms with van der Waals surface area (Å²) in [5.41, 5.74) is 5.35. The van der Waals surface area contributed by atoms with E-state index in [-0.39, 0.29) is 0 Å². The molecule has 0 amide bonds. The number of thioether (sulfide) groups is 1. The van der Waals surface area contributed by atoms with E-state index in [0.29, 0.717) is 6.42 Å². The van der Waals surface area contributed by atoms with Crippen LogP contribution in [-0.2, 0) is 10.5 Å². The summed E-state index contributed by atoms with van der Waals surface area (Å²) in [6.07, 6.45) is 2.27. The van der Waals surface area contributed by atoms with Gasteiger partial charge in [0, 0.05) is 17.3 Å². The summed E-state index contributed by atoms with van der Waals surface area (Å²) in [5, 5.41) is 11.5. The Balaban J connectivity index is 2.08. The average molecular weight is 232 g/mol. The lowest BCUT2D eigenvalue weighted by Crippen LogP contribution is -2.30. The highest BCUT2D eigenvalue weighted by Crippen LogP contribution is 2.15. The lowest BCUT2D eigenvalue weighted by Gasteiger charge is -2.04. The van der Waals surface area contributed by atoms with Gasteiger partial charge in [0.25, 0.3) is 0 Å². The van der Waals surface area contributed by atoms with Gasteiger partial charge in [-0.25, -0.2) is 4.98 Å². The molecule has 78 valence electrons. The highest BCUT2D eigenvalue weighted by atomic mass is 32.2. The van der Waals surface area contributed by atoms with E-state index in [4.69, 9.17) is 10.8 Å². The van der Waals surface area contributed by atoms with Crippen molar-refractivity contribution < 1.29 is 9.90 Å². The molecule has 0 aromatic carbocycles. The number of rotatable bonds is 6. The predicted octanol–water partition coefficient (Wildman–Crippen LogP) is 1.18. The summed E-state index contributed by atoms with van der Waals surface area (Å²) >= 11 is 3.27. The molecule has 1 heterocycles. The van der Waals surface area contributed by atoms with Gasteiger partial charge in [0.15, 0.2) is 0 Å². The summed E-state index contributed by atoms with van der Waals surface area (Å²) in [5.74, 6) is 0.664. The molecule has 14 heavy (non-hydrogen) atoms. The minimum atomic E-state index is -0.931. The largest absolute Gasteiger partial charge is 0.480 e. The molecule has 0 spiro atoms. The van der Waals surface area contributed by atoms with Crippen molar-refractivity contribution in [2.24, 2.45) is 5.73 Å². The van der Waals surface area contributed by atoms with E-state index in [2.05, 4.69) is 4.98 Å². The van der Waals surface area contributed by atoms with Gasteiger partial charge < -0.3 is 10.8 Å². The Bertz CT molecular complexity index is 277. The van der Waals surface area contributed by atoms with E-state index < -0.39 is 12.0 Å². The molecule has 6 heteroatoms. The second-order valence-corrected chi connectivity index (χ2v) is 4.80. The summed E-state index contributed by atoms with van der Waals surface area (Å²) < 4.78 is 0. The maximum Gasteiger partial charge on any atom is 0.320 e. The monoisotopic (exact) mass is 232 g/mol. The molecule has 0 fully saturated rings. The molecule has 1 rings (SSSR count). The highest BCUT2D eigenvalue weighted by molar-refractivity contribution is 7.98. The van der Waals surface area contributed by atoms with Crippen LogP contribution >= 0.6 is 23.1 Å². The number of carboxylic acid groups (broad SMARTS) is 1. The third-order valence-corrected chi connectivity index (χ3v) is 3.56. The molecule has 1 atom stereocenters. The Hall–Kier alpha value is -0.590. The molecule has 0 radical (unpaired) electrons. The zero-order chi connectivity index (χ0) is 10.4. The van der Waals surface area contributed by atoms with Crippen molar-refractivity contribution in [2.45, 2.75) is 18.2 Å². The first kappa shape index (κ1) is 11.5. The number of carbonyl (C=O) groups is 1. The second kappa shape index (κ2) is 6.00. The van der Waals surface area contributed by atoms with Crippen LogP contribution < -0.4 is 5.73 Å². The van der Waals surface area contributed by atoms with Gasteiger partial charge in [0.1, 0.15) is 11.0 Å². The van der Waals surface area contributed by atoms with E-state index >= 15 is 0 Å². The van der Waals surface area contributed by atoms with Gasteiger partial charge in [-0.15, -0.1) is 11.3 Å². The number of thiazole rings is 1. The maximum atomic E-state index is 10.4. The molecular formula is C8H12N2O2S2. The lowest BCUT2D eigenvalue weighted by atomic mass is 10.2. The van der Waals surface area contributed by atoms with Crippen molar-refractivity contribution in [1.29, 1.82) is 0 Å². The van der Waals surface area contributed by atoms with E-state index in [0.717, 1.165) is 16.5 Å². The van der Waals surface area contributed by atoms with Crippen LogP contribution in [0.3, 0.4) is 0 Å². The summed E-state index contributed by atoms with van der Waals surface area (Å²) in [4.78, 5) is 14.5. The number of hydrogen-bond acceptors (Lipinski definition) is 5. The van der Waals surface area contributed by atoms with Gasteiger partial charge in [-0.1, -0.05) is 0 Å². The third kappa shape index (κ3) is 4.08. The minimum Gasteiger partial charge on any atom is -0.480 e. The molecule has 0 aliphatic heterocycles. The Morgan fingerprint density at radius 1 is 1.79 bits per heavy atom. The molecule has 3 N–H and O–H groups in total. The molecule has 1 unspecified atom stereocenters. The fraction of sp³-hybridized carbons (Fsp3) is 0.500. The van der Waals surface area contributed by atoms with Crippen molar-refractivity contribution in [2.75, 3.05) is 5.75 Å². The normalized spacial score (nSPS) is 12.6. The van der Waals surface area contributed by atoms with Crippen molar-refractivity contribution >= 4 is 29.1 Å². The quantitative estimate of drug-likeness (QED) is 0.720. The van der Waals surface area contributed by atoms with Crippen molar-refractivity contribution in [3.8, 4) is 0 Å². The standard InChI is InChI=1S/C8H12N2O2S2/c9-6(8(11)12)1-3-13-5-7-10-2-4-14-7/h2,4,6H,1,3,5,9H2,(H,11,12). The zero-order valence-corrected chi connectivity index (χ0v) is 9.18. The maximum absolute atomic E-state index is 10.4. The van der Waals surface area contributed by atoms with Crippen LogP contribution in [0.4, 0.5) is 0 Å². The van der Waals surface area contributed by atoms with E-state index in [1.807, 2.05) is 5.38 Å². The number of nitrogens with two attached hydrogens (primary N) is 1. The summed E-state index contributed by atoms with van der Waals surface area (Å²) in [6.45, 7) is 0. The zero-order valence-electron chi connectivity index (χ0n) is 7.55. The van der Waals surface area contributed by atoms with E-state index in [1.54, 1.807) is 29.3 Å². The van der Waals surface area contributed by atoms with Gasteiger partial charge in [-0.05, 0) is 12.2 Å². The van der Waals surface area contributed by atoms with Crippen LogP contribution in [0.25, 0.3) is 0 Å². The molecule has 4 nitrogen and oxygen atoms in total. The summed E-state index contributed by atoms with van der Waals surface area (Å²) in [7, 11) is 0. The van der Waals surface area contributed by atoms with Crippen LogP contribution in [0.5, 0.6) is 0 Å². The van der Waals surface area contributed by atoms with Gasteiger partial charge in [0.05, 0.1) is 0 Å². The van der Waals surface area contributed by atoms with Gasteiger partial charge in [-0.3, -0.25) is 4.79 Å². The fourth-order valence-electron chi connectivity index (χ4n) is 0.818. The minimum absolute atomic E-state index is 0.505. The number of nitrogens with zero attached hydrogens (tertiary/aromatic N) is 1. The topological polar surface area (TPSA) is 76.2 Å². The van der Waals surface area contributed by atoms with E-state index in [9.17, 15) is 4.79 Å². The lowest BCUT2D eigenvalue weighted by molar-refractivity contribution is -0.138. The number of hydrogen-bond donors (Lipinski definition) is 2. The SMILES string of the molecule is NC(CCSCc1nccs1)C(=O)O. The average Bonchev–Trinajstić information content (AvgIpc) is 2.64. The molecular weight excluding hydrogens is 220 g/mol. The van der Waals surface area contributed by atoms with Gasteiger partial charge in [0.2, 0.25) is 0 Å². The van der Waals surface area contributed by atoms with Crippen LogP contribution in [0.15, 0.2) is 11.6 Å². The van der Waals surface area contributed by atoms with Gasteiger partial charge >= 0.3 is 5.97 Å². The Morgan fingerprint density at radius 2 is 2.57 bits per heavy atom. The molecule has 1 aromatic rings. The third-order valence-electron chi connectivity index (χ3n) is 1.60. The van der Waals surface area contributed by atoms with Crippen molar-refractivity contribution in [1.82, 2.24) is 4.98 Å². The predicted molar refractivity (Wildman–Crippen MR) is 58.5 cm³/mol. The fourth-order valence-corrected chi connectivity index (χ4v) is 2.55. The molecule has 0 saturated heterocycles. The highest BCUT2D eigenvalue weighted by Gasteiger charge is 2.10. The first-order chi connectivity index (χ1) is 6.70. The molecule has 0 bridgehead atoms. The summed E-state index contributed by atoms with van der Waals surface area (Å²) in [6, 6.07) is -0.737. The molecule has 0 aliphatic carbocycles.